The van der Waals surface area contributed by atoms with E-state index >= 15 is 0 Å². The molecule has 3 nitrogen and oxygen atoms in total. The predicted molar refractivity (Wildman–Crippen MR) is 65.6 cm³/mol. The van der Waals surface area contributed by atoms with Crippen LogP contribution in [-0.4, -0.2) is 13.2 Å². The first-order chi connectivity index (χ1) is 7.86. The van der Waals surface area contributed by atoms with E-state index in [1.54, 1.807) is 0 Å². The maximum atomic E-state index is 8.41. The Hall–Kier alpha value is -1.69. The summed E-state index contributed by atoms with van der Waals surface area (Å²) in [6, 6.07) is 9.66. The van der Waals surface area contributed by atoms with Gasteiger partial charge in [0, 0.05) is 18.3 Å². The topological polar surface area (TPSA) is 45.0 Å². The van der Waals surface area contributed by atoms with Gasteiger partial charge in [0.1, 0.15) is 11.8 Å². The minimum absolute atomic E-state index is 0.0965. The number of benzene rings is 1. The molecule has 1 aromatic rings. The van der Waals surface area contributed by atoms with E-state index < -0.39 is 0 Å². The van der Waals surface area contributed by atoms with Crippen LogP contribution in [0.1, 0.15) is 26.2 Å². The lowest BCUT2D eigenvalue weighted by Gasteiger charge is -2.07. The minimum atomic E-state index is 0.0965. The molecule has 1 aromatic carbocycles. The van der Waals surface area contributed by atoms with Gasteiger partial charge in [0.15, 0.2) is 6.61 Å². The zero-order chi connectivity index (χ0) is 11.6. The zero-order valence-corrected chi connectivity index (χ0v) is 9.70. The molecule has 86 valence electrons. The van der Waals surface area contributed by atoms with Gasteiger partial charge in [0.05, 0.1) is 0 Å². The molecular formula is C13H18N2O. The van der Waals surface area contributed by atoms with Crippen molar-refractivity contribution in [3.05, 3.63) is 24.3 Å². The molecule has 0 amide bonds. The van der Waals surface area contributed by atoms with Crippen LogP contribution in [0.2, 0.25) is 0 Å². The second kappa shape index (κ2) is 7.58. The van der Waals surface area contributed by atoms with Gasteiger partial charge in [-0.25, -0.2) is 0 Å². The van der Waals surface area contributed by atoms with Gasteiger partial charge in [-0.1, -0.05) is 25.8 Å². The van der Waals surface area contributed by atoms with Gasteiger partial charge >= 0.3 is 0 Å². The molecule has 0 bridgehead atoms. The van der Waals surface area contributed by atoms with Crippen LogP contribution in [0.4, 0.5) is 5.69 Å². The summed E-state index contributed by atoms with van der Waals surface area (Å²) in [6.45, 7) is 3.27. The van der Waals surface area contributed by atoms with E-state index in [1.807, 2.05) is 30.3 Å². The van der Waals surface area contributed by atoms with Crippen molar-refractivity contribution in [2.24, 2.45) is 0 Å². The van der Waals surface area contributed by atoms with Crippen molar-refractivity contribution in [2.75, 3.05) is 18.5 Å². The number of unbranched alkanes of at least 4 members (excludes halogenated alkanes) is 2. The molecule has 0 fully saturated rings. The number of nitriles is 1. The second-order valence-electron chi connectivity index (χ2n) is 3.61. The third kappa shape index (κ3) is 4.70. The average Bonchev–Trinajstić information content (AvgIpc) is 2.33. The molecular weight excluding hydrogens is 200 g/mol. The normalized spacial score (nSPS) is 9.50. The molecule has 16 heavy (non-hydrogen) atoms. The van der Waals surface area contributed by atoms with E-state index in [-0.39, 0.29) is 6.61 Å². The lowest BCUT2D eigenvalue weighted by atomic mass is 10.2. The summed E-state index contributed by atoms with van der Waals surface area (Å²) in [4.78, 5) is 0. The monoisotopic (exact) mass is 218 g/mol. The summed E-state index contributed by atoms with van der Waals surface area (Å²) in [5.74, 6) is 0.738. The van der Waals surface area contributed by atoms with Crippen LogP contribution in [0.5, 0.6) is 5.75 Å². The van der Waals surface area contributed by atoms with Gasteiger partial charge in [-0.05, 0) is 18.6 Å². The number of hydrogen-bond donors (Lipinski definition) is 1. The number of anilines is 1. The third-order valence-electron chi connectivity index (χ3n) is 2.25. The molecule has 0 heterocycles. The van der Waals surface area contributed by atoms with Crippen LogP contribution in [0.3, 0.4) is 0 Å². The van der Waals surface area contributed by atoms with Crippen molar-refractivity contribution in [3.8, 4) is 11.8 Å². The highest BCUT2D eigenvalue weighted by molar-refractivity contribution is 5.48. The molecule has 3 heteroatoms. The van der Waals surface area contributed by atoms with Crippen LogP contribution in [0, 0.1) is 11.3 Å². The smallest absolute Gasteiger partial charge is 0.174 e. The van der Waals surface area contributed by atoms with Crippen LogP contribution in [0.15, 0.2) is 24.3 Å². The van der Waals surface area contributed by atoms with Crippen LogP contribution >= 0.6 is 0 Å². The van der Waals surface area contributed by atoms with Gasteiger partial charge in [-0.3, -0.25) is 0 Å². The Labute approximate surface area is 97.0 Å². The average molecular weight is 218 g/mol. The van der Waals surface area contributed by atoms with E-state index in [9.17, 15) is 0 Å². The fraction of sp³-hybridized carbons (Fsp3) is 0.462. The molecule has 0 aliphatic rings. The Morgan fingerprint density at radius 3 is 3.00 bits per heavy atom. The summed E-state index contributed by atoms with van der Waals surface area (Å²) >= 11 is 0. The van der Waals surface area contributed by atoms with Gasteiger partial charge in [-0.2, -0.15) is 5.26 Å². The van der Waals surface area contributed by atoms with E-state index in [0.29, 0.717) is 0 Å². The fourth-order valence-corrected chi connectivity index (χ4v) is 1.42. The Morgan fingerprint density at radius 2 is 2.25 bits per heavy atom. The van der Waals surface area contributed by atoms with Crippen molar-refractivity contribution in [1.29, 1.82) is 5.26 Å². The SMILES string of the molecule is CCCCCNc1cccc(OCC#N)c1. The molecule has 0 atom stereocenters. The molecule has 0 saturated heterocycles. The number of nitrogens with zero attached hydrogens (tertiary/aromatic N) is 1. The van der Waals surface area contributed by atoms with E-state index in [4.69, 9.17) is 10.00 Å². The fourth-order valence-electron chi connectivity index (χ4n) is 1.42. The van der Waals surface area contributed by atoms with Crippen molar-refractivity contribution in [2.45, 2.75) is 26.2 Å². The highest BCUT2D eigenvalue weighted by atomic mass is 16.5. The predicted octanol–water partition coefficient (Wildman–Crippen LogP) is 3.19. The maximum Gasteiger partial charge on any atom is 0.174 e. The lowest BCUT2D eigenvalue weighted by Crippen LogP contribution is -2.01. The Morgan fingerprint density at radius 1 is 1.38 bits per heavy atom. The van der Waals surface area contributed by atoms with E-state index in [1.165, 1.54) is 19.3 Å². The first-order valence-electron chi connectivity index (χ1n) is 5.70. The molecule has 0 aliphatic heterocycles. The molecule has 1 N–H and O–H groups in total. The third-order valence-corrected chi connectivity index (χ3v) is 2.25. The molecule has 0 saturated carbocycles. The van der Waals surface area contributed by atoms with Crippen molar-refractivity contribution in [1.82, 2.24) is 0 Å². The first kappa shape index (κ1) is 12.4. The summed E-state index contributed by atoms with van der Waals surface area (Å²) in [5, 5.41) is 11.7. The molecule has 0 spiro atoms. The Balaban J connectivity index is 2.38. The van der Waals surface area contributed by atoms with Crippen LogP contribution < -0.4 is 10.1 Å². The Bertz CT molecular complexity index is 344. The van der Waals surface area contributed by atoms with Crippen LogP contribution in [0.25, 0.3) is 0 Å². The van der Waals surface area contributed by atoms with E-state index in [0.717, 1.165) is 18.0 Å². The summed E-state index contributed by atoms with van der Waals surface area (Å²) in [5.41, 5.74) is 1.05. The standard InChI is InChI=1S/C13H18N2O/c1-2-3-4-9-15-12-6-5-7-13(11-12)16-10-8-14/h5-7,11,15H,2-4,9-10H2,1H3. The molecule has 0 unspecified atom stereocenters. The van der Waals surface area contributed by atoms with Crippen molar-refractivity contribution >= 4 is 5.69 Å². The van der Waals surface area contributed by atoms with Gasteiger partial charge in [0.25, 0.3) is 0 Å². The van der Waals surface area contributed by atoms with Gasteiger partial charge in [-0.15, -0.1) is 0 Å². The lowest BCUT2D eigenvalue weighted by molar-refractivity contribution is 0.368. The summed E-state index contributed by atoms with van der Waals surface area (Å²) < 4.78 is 5.22. The summed E-state index contributed by atoms with van der Waals surface area (Å²) in [6.07, 6.45) is 3.66. The first-order valence-corrected chi connectivity index (χ1v) is 5.70. The van der Waals surface area contributed by atoms with Gasteiger partial charge < -0.3 is 10.1 Å². The van der Waals surface area contributed by atoms with Gasteiger partial charge in [0.2, 0.25) is 0 Å². The highest BCUT2D eigenvalue weighted by Crippen LogP contribution is 2.17. The van der Waals surface area contributed by atoms with E-state index in [2.05, 4.69) is 12.2 Å². The van der Waals surface area contributed by atoms with Crippen LogP contribution in [-0.2, 0) is 0 Å². The van der Waals surface area contributed by atoms with Crippen molar-refractivity contribution < 1.29 is 4.74 Å². The largest absolute Gasteiger partial charge is 0.479 e. The molecule has 1 rings (SSSR count). The number of hydrogen-bond acceptors (Lipinski definition) is 3. The molecule has 0 radical (unpaired) electrons. The molecule has 0 aromatic heterocycles. The number of rotatable bonds is 7. The second-order valence-corrected chi connectivity index (χ2v) is 3.61. The summed E-state index contributed by atoms with van der Waals surface area (Å²) in [7, 11) is 0. The molecule has 0 aliphatic carbocycles. The van der Waals surface area contributed by atoms with Crippen molar-refractivity contribution in [3.63, 3.8) is 0 Å². The minimum Gasteiger partial charge on any atom is -0.479 e. The zero-order valence-electron chi connectivity index (χ0n) is 9.70. The number of ether oxygens (including phenoxy) is 1. The maximum absolute atomic E-state index is 8.41. The quantitative estimate of drug-likeness (QED) is 0.715. The number of nitrogens with one attached hydrogen (secondary N) is 1. The Kier molecular flexibility index (Phi) is 5.87. The highest BCUT2D eigenvalue weighted by Gasteiger charge is 1.95.